The Morgan fingerprint density at radius 3 is 2.44 bits per heavy atom. The van der Waals surface area contributed by atoms with E-state index < -0.39 is 6.04 Å². The molecule has 8 heteroatoms. The Morgan fingerprint density at radius 2 is 1.78 bits per heavy atom. The summed E-state index contributed by atoms with van der Waals surface area (Å²) in [7, 11) is 3.18. The Labute approximate surface area is 212 Å². The van der Waals surface area contributed by atoms with Gasteiger partial charge in [-0.25, -0.2) is 4.79 Å². The summed E-state index contributed by atoms with van der Waals surface area (Å²) in [6, 6.07) is 13.2. The average Bonchev–Trinajstić information content (AvgIpc) is 3.39. The molecule has 0 radical (unpaired) electrons. The Hall–Kier alpha value is -3.81. The molecule has 36 heavy (non-hydrogen) atoms. The molecule has 0 saturated carbocycles. The molecular formula is C28H34N4O4. The van der Waals surface area contributed by atoms with Gasteiger partial charge in [-0.3, -0.25) is 4.90 Å². The number of aryl methyl sites for hydroxylation is 1. The van der Waals surface area contributed by atoms with Crippen LogP contribution in [0.5, 0.6) is 11.5 Å². The van der Waals surface area contributed by atoms with Crippen molar-refractivity contribution in [2.24, 2.45) is 0 Å². The van der Waals surface area contributed by atoms with Crippen LogP contribution in [0.2, 0.25) is 0 Å². The molecule has 1 unspecified atom stereocenters. The quantitative estimate of drug-likeness (QED) is 0.350. The predicted octanol–water partition coefficient (Wildman–Crippen LogP) is 6.00. The van der Waals surface area contributed by atoms with Gasteiger partial charge in [0.1, 0.15) is 0 Å². The van der Waals surface area contributed by atoms with E-state index in [9.17, 15) is 4.79 Å². The van der Waals surface area contributed by atoms with Gasteiger partial charge in [-0.05, 0) is 49.1 Å². The lowest BCUT2D eigenvalue weighted by Crippen LogP contribution is -2.46. The fourth-order valence-corrected chi connectivity index (χ4v) is 4.47. The second-order valence-electron chi connectivity index (χ2n) is 8.83. The number of urea groups is 1. The average molecular weight is 491 g/mol. The molecule has 0 spiro atoms. The molecule has 0 saturated heterocycles. The topological polar surface area (TPSA) is 89.7 Å². The van der Waals surface area contributed by atoms with Crippen LogP contribution in [0.1, 0.15) is 63.1 Å². The van der Waals surface area contributed by atoms with E-state index in [4.69, 9.17) is 19.0 Å². The van der Waals surface area contributed by atoms with Gasteiger partial charge in [0, 0.05) is 17.8 Å². The number of carbonyl (C=O) groups is 1. The number of rotatable bonds is 10. The van der Waals surface area contributed by atoms with E-state index in [1.54, 1.807) is 19.1 Å². The highest BCUT2D eigenvalue weighted by atomic mass is 16.5. The molecule has 1 atom stereocenters. The van der Waals surface area contributed by atoms with Crippen LogP contribution >= 0.6 is 0 Å². The number of methoxy groups -OCH3 is 2. The van der Waals surface area contributed by atoms with Gasteiger partial charge in [0.05, 0.1) is 25.8 Å². The van der Waals surface area contributed by atoms with E-state index in [2.05, 4.69) is 48.6 Å². The first-order chi connectivity index (χ1) is 17.5. The number of unbranched alkanes of at least 4 members (excludes halogenated alkanes) is 2. The lowest BCUT2D eigenvalue weighted by atomic mass is 9.93. The van der Waals surface area contributed by atoms with Crippen LogP contribution in [0.4, 0.5) is 4.79 Å². The van der Waals surface area contributed by atoms with E-state index in [1.165, 1.54) is 5.56 Å². The predicted molar refractivity (Wildman–Crippen MR) is 139 cm³/mol. The van der Waals surface area contributed by atoms with Gasteiger partial charge in [0.15, 0.2) is 11.5 Å². The molecule has 2 amide bonds. The first-order valence-corrected chi connectivity index (χ1v) is 12.4. The van der Waals surface area contributed by atoms with Crippen molar-refractivity contribution in [1.82, 2.24) is 20.4 Å². The summed E-state index contributed by atoms with van der Waals surface area (Å²) in [6.07, 6.45) is 4.00. The number of carbonyl (C=O) groups excluding carboxylic acids is 1. The van der Waals surface area contributed by atoms with Crippen molar-refractivity contribution in [1.29, 1.82) is 0 Å². The third-order valence-corrected chi connectivity index (χ3v) is 6.60. The first-order valence-electron chi connectivity index (χ1n) is 12.4. The van der Waals surface area contributed by atoms with Crippen molar-refractivity contribution in [2.45, 2.75) is 52.5 Å². The molecule has 2 aromatic carbocycles. The summed E-state index contributed by atoms with van der Waals surface area (Å²) in [5.74, 6) is 2.01. The van der Waals surface area contributed by atoms with E-state index in [0.717, 1.165) is 48.1 Å². The van der Waals surface area contributed by atoms with Gasteiger partial charge in [-0.1, -0.05) is 56.1 Å². The van der Waals surface area contributed by atoms with Gasteiger partial charge < -0.3 is 19.3 Å². The van der Waals surface area contributed by atoms with Crippen molar-refractivity contribution in [3.63, 3.8) is 0 Å². The number of nitrogens with one attached hydrogen (secondary N) is 1. The first kappa shape index (κ1) is 25.3. The molecule has 190 valence electrons. The maximum absolute atomic E-state index is 13.1. The van der Waals surface area contributed by atoms with Crippen molar-refractivity contribution in [3.05, 3.63) is 65.2 Å². The van der Waals surface area contributed by atoms with E-state index in [-0.39, 0.29) is 6.03 Å². The van der Waals surface area contributed by atoms with Crippen LogP contribution in [-0.2, 0) is 6.42 Å². The maximum atomic E-state index is 13.1. The van der Waals surface area contributed by atoms with Crippen LogP contribution in [0, 0.1) is 0 Å². The summed E-state index contributed by atoms with van der Waals surface area (Å²) >= 11 is 0. The van der Waals surface area contributed by atoms with Crippen LogP contribution in [0.15, 0.2) is 52.7 Å². The molecule has 1 aliphatic rings. The number of hydrogen-bond acceptors (Lipinski definition) is 6. The monoisotopic (exact) mass is 490 g/mol. The Balaban J connectivity index is 1.76. The Kier molecular flexibility index (Phi) is 7.93. The highest BCUT2D eigenvalue weighted by Crippen LogP contribution is 2.38. The van der Waals surface area contributed by atoms with Gasteiger partial charge in [0.25, 0.3) is 5.89 Å². The van der Waals surface area contributed by atoms with Crippen molar-refractivity contribution in [3.8, 4) is 22.9 Å². The molecule has 1 N–H and O–H groups in total. The summed E-state index contributed by atoms with van der Waals surface area (Å²) in [4.78, 5) is 19.6. The van der Waals surface area contributed by atoms with E-state index in [1.807, 2.05) is 25.1 Å². The number of benzene rings is 2. The molecule has 1 aliphatic heterocycles. The third-order valence-electron chi connectivity index (χ3n) is 6.60. The van der Waals surface area contributed by atoms with E-state index >= 15 is 0 Å². The standard InChI is InChI=1S/C28H34N4O4/c1-6-8-9-16-32-18(3)24(25(29-28(32)33)20-12-10-19(7-2)11-13-20)27-30-26(31-36-27)21-14-15-22(34-4)23(17-21)35-5/h10-15,17,25H,6-9,16H2,1-5H3,(H,29,33). The fourth-order valence-electron chi connectivity index (χ4n) is 4.47. The SMILES string of the molecule is CCCCCN1C(=O)NC(c2ccc(CC)cc2)C(c2nc(-c3ccc(OC)c(OC)c3)no2)=C1C. The second-order valence-corrected chi connectivity index (χ2v) is 8.83. The number of ether oxygens (including phenoxy) is 2. The van der Waals surface area contributed by atoms with Crippen molar-refractivity contribution >= 4 is 11.6 Å². The molecular weight excluding hydrogens is 456 g/mol. The fraction of sp³-hybridized carbons (Fsp3) is 0.393. The van der Waals surface area contributed by atoms with Crippen LogP contribution in [0.25, 0.3) is 17.0 Å². The van der Waals surface area contributed by atoms with Gasteiger partial charge in [-0.15, -0.1) is 0 Å². The lowest BCUT2D eigenvalue weighted by molar-refractivity contribution is 0.204. The number of amides is 2. The summed E-state index contributed by atoms with van der Waals surface area (Å²) in [6.45, 7) is 6.85. The summed E-state index contributed by atoms with van der Waals surface area (Å²) < 4.78 is 16.6. The minimum absolute atomic E-state index is 0.114. The van der Waals surface area contributed by atoms with Gasteiger partial charge in [-0.2, -0.15) is 4.98 Å². The van der Waals surface area contributed by atoms with Gasteiger partial charge >= 0.3 is 6.03 Å². The Morgan fingerprint density at radius 1 is 1.03 bits per heavy atom. The number of hydrogen-bond donors (Lipinski definition) is 1. The molecule has 0 aliphatic carbocycles. The van der Waals surface area contributed by atoms with Crippen LogP contribution in [0.3, 0.4) is 0 Å². The van der Waals surface area contributed by atoms with Crippen molar-refractivity contribution in [2.75, 3.05) is 20.8 Å². The molecule has 1 aromatic heterocycles. The zero-order valence-electron chi connectivity index (χ0n) is 21.6. The van der Waals surface area contributed by atoms with Gasteiger partial charge in [0.2, 0.25) is 5.82 Å². The number of nitrogens with zero attached hydrogens (tertiary/aromatic N) is 3. The minimum Gasteiger partial charge on any atom is -0.493 e. The summed E-state index contributed by atoms with van der Waals surface area (Å²) in [5, 5.41) is 7.43. The van der Waals surface area contributed by atoms with Crippen LogP contribution in [-0.4, -0.2) is 41.8 Å². The van der Waals surface area contributed by atoms with E-state index in [0.29, 0.717) is 29.8 Å². The highest BCUT2D eigenvalue weighted by molar-refractivity contribution is 5.86. The molecule has 4 rings (SSSR count). The van der Waals surface area contributed by atoms with Crippen molar-refractivity contribution < 1.29 is 18.8 Å². The maximum Gasteiger partial charge on any atom is 0.322 e. The molecule has 8 nitrogen and oxygen atoms in total. The molecule has 0 fully saturated rings. The Bertz CT molecular complexity index is 1230. The summed E-state index contributed by atoms with van der Waals surface area (Å²) in [5.41, 5.74) is 4.56. The number of aromatic nitrogens is 2. The minimum atomic E-state index is -0.399. The second kappa shape index (κ2) is 11.3. The number of allylic oxidation sites excluding steroid dienone is 1. The zero-order chi connectivity index (χ0) is 25.7. The largest absolute Gasteiger partial charge is 0.493 e. The normalized spacial score (nSPS) is 15.8. The lowest BCUT2D eigenvalue weighted by Gasteiger charge is -2.35. The molecule has 2 heterocycles. The molecule has 0 bridgehead atoms. The third kappa shape index (κ3) is 5.08. The zero-order valence-corrected chi connectivity index (χ0v) is 21.6. The van der Waals surface area contributed by atoms with Crippen LogP contribution < -0.4 is 14.8 Å². The highest BCUT2D eigenvalue weighted by Gasteiger charge is 2.35. The smallest absolute Gasteiger partial charge is 0.322 e. The molecule has 3 aromatic rings.